The molecule has 3 atom stereocenters. The summed E-state index contributed by atoms with van der Waals surface area (Å²) in [6, 6.07) is 6.33. The van der Waals surface area contributed by atoms with Crippen molar-refractivity contribution >= 4 is 0 Å². The van der Waals surface area contributed by atoms with Gasteiger partial charge in [0.2, 0.25) is 0 Å². The number of nitrogens with zero attached hydrogens (tertiary/aromatic N) is 2. The smallest absolute Gasteiger partial charge is 0.168 e. The van der Waals surface area contributed by atoms with E-state index in [0.717, 1.165) is 31.4 Å². The Balaban J connectivity index is 1.36. The van der Waals surface area contributed by atoms with E-state index in [0.29, 0.717) is 13.2 Å². The zero-order chi connectivity index (χ0) is 15.3. The fourth-order valence-corrected chi connectivity index (χ4v) is 4.75. The lowest BCUT2D eigenvalue weighted by molar-refractivity contribution is -0.334. The maximum atomic E-state index is 6.32. The van der Waals surface area contributed by atoms with E-state index in [2.05, 4.69) is 16.1 Å². The molecule has 5 heteroatoms. The lowest BCUT2D eigenvalue weighted by Crippen LogP contribution is -2.60. The first kappa shape index (κ1) is 14.3. The van der Waals surface area contributed by atoms with Gasteiger partial charge in [-0.15, -0.1) is 0 Å². The Labute approximate surface area is 136 Å². The van der Waals surface area contributed by atoms with E-state index in [1.807, 2.05) is 18.3 Å². The van der Waals surface area contributed by atoms with Crippen molar-refractivity contribution in [2.24, 2.45) is 0 Å². The second-order valence-electron chi connectivity index (χ2n) is 7.54. The second kappa shape index (κ2) is 5.24. The molecule has 0 amide bonds. The highest BCUT2D eigenvalue weighted by Gasteiger charge is 2.60. The molecule has 4 fully saturated rings. The van der Waals surface area contributed by atoms with Crippen molar-refractivity contribution < 1.29 is 14.3 Å². The molecule has 1 aromatic heterocycles. The monoisotopic (exact) mass is 316 g/mol. The van der Waals surface area contributed by atoms with Crippen molar-refractivity contribution in [3.63, 3.8) is 0 Å². The molecule has 124 valence electrons. The van der Waals surface area contributed by atoms with Gasteiger partial charge in [0.05, 0.1) is 36.6 Å². The molecular weight excluding hydrogens is 292 g/mol. The summed E-state index contributed by atoms with van der Waals surface area (Å²) in [6.45, 7) is 1.43. The lowest BCUT2D eigenvalue weighted by atomic mass is 9.84. The molecule has 4 heterocycles. The van der Waals surface area contributed by atoms with Gasteiger partial charge >= 0.3 is 0 Å². The zero-order valence-electron chi connectivity index (χ0n) is 13.4. The molecule has 1 aliphatic carbocycles. The van der Waals surface area contributed by atoms with Crippen molar-refractivity contribution in [1.29, 1.82) is 0 Å². The van der Waals surface area contributed by atoms with Crippen molar-refractivity contribution in [3.8, 4) is 0 Å². The standard InChI is InChI=1S/C18H24N2O3/c1-3-7-18(8-4-1)21-12-17(13-22-18)11-14-10-16(20(17)23-14)15-6-2-5-9-19-15/h2,5-6,9,14,16H,1,3-4,7-8,10-13H2/t14?,16-/m0/s1. The molecule has 4 aliphatic rings. The molecule has 1 aromatic rings. The summed E-state index contributed by atoms with van der Waals surface area (Å²) in [6.07, 6.45) is 9.97. The van der Waals surface area contributed by atoms with Gasteiger partial charge in [0.15, 0.2) is 5.79 Å². The summed E-state index contributed by atoms with van der Waals surface area (Å²) < 4.78 is 12.6. The minimum Gasteiger partial charge on any atom is -0.348 e. The van der Waals surface area contributed by atoms with Gasteiger partial charge in [-0.1, -0.05) is 12.5 Å². The minimum atomic E-state index is -0.313. The van der Waals surface area contributed by atoms with Crippen LogP contribution in [0.25, 0.3) is 0 Å². The maximum Gasteiger partial charge on any atom is 0.168 e. The summed E-state index contributed by atoms with van der Waals surface area (Å²) in [5.74, 6) is -0.313. The van der Waals surface area contributed by atoms with Crippen molar-refractivity contribution in [1.82, 2.24) is 10.0 Å². The summed E-state index contributed by atoms with van der Waals surface area (Å²) in [7, 11) is 0. The average Bonchev–Trinajstić information content (AvgIpc) is 3.18. The van der Waals surface area contributed by atoms with Crippen LogP contribution in [0.1, 0.15) is 56.7 Å². The molecule has 5 rings (SSSR count). The highest BCUT2D eigenvalue weighted by molar-refractivity contribution is 5.15. The fraction of sp³-hybridized carbons (Fsp3) is 0.722. The van der Waals surface area contributed by atoms with E-state index in [4.69, 9.17) is 14.3 Å². The molecule has 2 unspecified atom stereocenters. The SMILES string of the molecule is c1ccc([C@@H]2CC3CC4(COC5(CCCCC5)OC4)N2O3)nc1. The van der Waals surface area contributed by atoms with Gasteiger partial charge in [-0.3, -0.25) is 9.82 Å². The third-order valence-corrected chi connectivity index (χ3v) is 5.96. The Hall–Kier alpha value is -1.01. The molecule has 3 aliphatic heterocycles. The molecule has 1 saturated carbocycles. The third kappa shape index (κ3) is 2.25. The van der Waals surface area contributed by atoms with Crippen LogP contribution in [0.4, 0.5) is 0 Å². The number of fused-ring (bicyclic) bond motifs is 3. The second-order valence-corrected chi connectivity index (χ2v) is 7.54. The Kier molecular flexibility index (Phi) is 3.27. The van der Waals surface area contributed by atoms with Crippen LogP contribution in [0, 0.1) is 0 Å². The fourth-order valence-electron chi connectivity index (χ4n) is 4.75. The topological polar surface area (TPSA) is 43.8 Å². The highest BCUT2D eigenvalue weighted by Crippen LogP contribution is 2.51. The van der Waals surface area contributed by atoms with Crippen LogP contribution in [0.2, 0.25) is 0 Å². The van der Waals surface area contributed by atoms with Crippen LogP contribution >= 0.6 is 0 Å². The number of hydroxylamine groups is 2. The van der Waals surface area contributed by atoms with Gasteiger partial charge < -0.3 is 9.47 Å². The quantitative estimate of drug-likeness (QED) is 0.797. The molecule has 0 radical (unpaired) electrons. The number of pyridine rings is 1. The molecule has 0 aromatic carbocycles. The molecule has 2 bridgehead atoms. The molecule has 0 N–H and O–H groups in total. The van der Waals surface area contributed by atoms with Crippen LogP contribution in [0.15, 0.2) is 24.4 Å². The zero-order valence-corrected chi connectivity index (χ0v) is 13.4. The summed E-state index contributed by atoms with van der Waals surface area (Å²) in [5.41, 5.74) is 0.959. The highest BCUT2D eigenvalue weighted by atomic mass is 16.7. The lowest BCUT2D eigenvalue weighted by Gasteiger charge is -2.50. The van der Waals surface area contributed by atoms with Gasteiger partial charge in [0.1, 0.15) is 0 Å². The Bertz CT molecular complexity index is 563. The molecule has 3 saturated heterocycles. The minimum absolute atomic E-state index is 0.131. The van der Waals surface area contributed by atoms with Gasteiger partial charge in [-0.2, -0.15) is 5.06 Å². The number of hydrogen-bond donors (Lipinski definition) is 0. The normalized spacial score (nSPS) is 37.5. The summed E-state index contributed by atoms with van der Waals surface area (Å²) >= 11 is 0. The molecular formula is C18H24N2O3. The first-order valence-electron chi connectivity index (χ1n) is 8.94. The van der Waals surface area contributed by atoms with Gasteiger partial charge in [0.25, 0.3) is 0 Å². The van der Waals surface area contributed by atoms with Crippen molar-refractivity contribution in [3.05, 3.63) is 30.1 Å². The number of piperidine rings is 1. The van der Waals surface area contributed by atoms with Crippen LogP contribution < -0.4 is 0 Å². The van der Waals surface area contributed by atoms with Crippen LogP contribution in [-0.2, 0) is 14.3 Å². The van der Waals surface area contributed by atoms with E-state index in [9.17, 15) is 0 Å². The predicted octanol–water partition coefficient (Wildman–Crippen LogP) is 2.98. The van der Waals surface area contributed by atoms with Crippen LogP contribution in [-0.4, -0.2) is 40.7 Å². The average molecular weight is 316 g/mol. The number of hydrogen-bond acceptors (Lipinski definition) is 5. The Morgan fingerprint density at radius 2 is 1.91 bits per heavy atom. The van der Waals surface area contributed by atoms with E-state index >= 15 is 0 Å². The number of ether oxygens (including phenoxy) is 2. The predicted molar refractivity (Wildman–Crippen MR) is 83.4 cm³/mol. The molecule has 2 spiro atoms. The van der Waals surface area contributed by atoms with Gasteiger partial charge in [0, 0.05) is 25.5 Å². The van der Waals surface area contributed by atoms with Gasteiger partial charge in [-0.05, 0) is 31.4 Å². The van der Waals surface area contributed by atoms with E-state index in [-0.39, 0.29) is 23.5 Å². The molecule has 23 heavy (non-hydrogen) atoms. The van der Waals surface area contributed by atoms with Crippen molar-refractivity contribution in [2.45, 2.75) is 68.4 Å². The van der Waals surface area contributed by atoms with Crippen molar-refractivity contribution in [2.75, 3.05) is 13.2 Å². The third-order valence-electron chi connectivity index (χ3n) is 5.96. The summed E-state index contributed by atoms with van der Waals surface area (Å²) in [4.78, 5) is 10.7. The van der Waals surface area contributed by atoms with E-state index < -0.39 is 0 Å². The maximum absolute atomic E-state index is 6.32. The van der Waals surface area contributed by atoms with Crippen LogP contribution in [0.3, 0.4) is 0 Å². The summed E-state index contributed by atoms with van der Waals surface area (Å²) in [5, 5.41) is 2.15. The first-order valence-corrected chi connectivity index (χ1v) is 8.94. The molecule has 5 nitrogen and oxygen atoms in total. The number of rotatable bonds is 1. The van der Waals surface area contributed by atoms with E-state index in [1.54, 1.807) is 0 Å². The Morgan fingerprint density at radius 1 is 1.09 bits per heavy atom. The Morgan fingerprint density at radius 3 is 2.61 bits per heavy atom. The van der Waals surface area contributed by atoms with Gasteiger partial charge in [-0.25, -0.2) is 0 Å². The first-order chi connectivity index (χ1) is 11.3. The largest absolute Gasteiger partial charge is 0.348 e. The number of aromatic nitrogens is 1. The van der Waals surface area contributed by atoms with Crippen LogP contribution in [0.5, 0.6) is 0 Å². The van der Waals surface area contributed by atoms with E-state index in [1.165, 1.54) is 19.3 Å².